The number of carboxylic acids is 1. The van der Waals surface area contributed by atoms with Gasteiger partial charge in [-0.05, 0) is 49.4 Å². The second-order valence-electron chi connectivity index (χ2n) is 8.39. The molecule has 1 saturated heterocycles. The lowest BCUT2D eigenvalue weighted by Gasteiger charge is -2.21. The van der Waals surface area contributed by atoms with Gasteiger partial charge in [-0.2, -0.15) is 0 Å². The number of rotatable bonds is 11. The molecule has 6 N–H and O–H groups in total. The van der Waals surface area contributed by atoms with Gasteiger partial charge in [0.15, 0.2) is 0 Å². The Morgan fingerprint density at radius 2 is 1.78 bits per heavy atom. The number of phenols is 1. The fourth-order valence-corrected chi connectivity index (χ4v) is 3.49. The van der Waals surface area contributed by atoms with Crippen LogP contribution in [0, 0.1) is 5.92 Å². The Morgan fingerprint density at radius 1 is 1.09 bits per heavy atom. The smallest absolute Gasteiger partial charge is 0.326 e. The number of nitrogens with one attached hydrogen (secondary N) is 4. The first-order valence-corrected chi connectivity index (χ1v) is 10.8. The summed E-state index contributed by atoms with van der Waals surface area (Å²) in [4.78, 5) is 48.8. The average molecular weight is 449 g/mol. The minimum Gasteiger partial charge on any atom is -0.508 e. The molecule has 0 aromatic heterocycles. The van der Waals surface area contributed by atoms with Crippen LogP contribution >= 0.6 is 0 Å². The highest BCUT2D eigenvalue weighted by atomic mass is 16.4. The molecular weight excluding hydrogens is 416 g/mol. The minimum absolute atomic E-state index is 0.0695. The molecule has 3 amide bonds. The molecule has 3 unspecified atom stereocenters. The van der Waals surface area contributed by atoms with E-state index >= 15 is 0 Å². The number of aliphatic carboxylic acids is 1. The number of aromatic hydroxyl groups is 1. The summed E-state index contributed by atoms with van der Waals surface area (Å²) in [6.07, 6.45) is 1.97. The summed E-state index contributed by atoms with van der Waals surface area (Å²) in [6, 6.07) is 3.91. The summed E-state index contributed by atoms with van der Waals surface area (Å²) >= 11 is 0. The maximum Gasteiger partial charge on any atom is 0.326 e. The number of carbonyl (C=O) groups is 4. The molecule has 1 aromatic carbocycles. The number of hydrogen-bond donors (Lipinski definition) is 6. The van der Waals surface area contributed by atoms with Crippen LogP contribution in [-0.4, -0.2) is 65.1 Å². The molecule has 10 heteroatoms. The number of phenolic OH excluding ortho intramolecular Hbond substituents is 1. The van der Waals surface area contributed by atoms with E-state index in [0.717, 1.165) is 18.5 Å². The minimum atomic E-state index is -1.14. The second-order valence-corrected chi connectivity index (χ2v) is 8.39. The van der Waals surface area contributed by atoms with Crippen molar-refractivity contribution in [2.45, 2.75) is 57.7 Å². The van der Waals surface area contributed by atoms with Crippen molar-refractivity contribution in [1.82, 2.24) is 21.3 Å². The molecule has 0 spiro atoms. The fourth-order valence-electron chi connectivity index (χ4n) is 3.49. The molecule has 32 heavy (non-hydrogen) atoms. The van der Waals surface area contributed by atoms with E-state index < -0.39 is 36.4 Å². The van der Waals surface area contributed by atoms with Crippen LogP contribution < -0.4 is 21.3 Å². The Morgan fingerprint density at radius 3 is 2.34 bits per heavy atom. The summed E-state index contributed by atoms with van der Waals surface area (Å²) in [6.45, 7) is 4.01. The van der Waals surface area contributed by atoms with Gasteiger partial charge in [0.05, 0.1) is 12.6 Å². The quantitative estimate of drug-likeness (QED) is 0.276. The molecule has 10 nitrogen and oxygen atoms in total. The SMILES string of the molecule is CC(C)CC(NC(=O)CNC(=O)C(Cc1ccc(O)cc1)NC(=O)C1CCCN1)C(=O)O. The van der Waals surface area contributed by atoms with Crippen molar-refractivity contribution >= 4 is 23.7 Å². The van der Waals surface area contributed by atoms with Crippen molar-refractivity contribution in [3.63, 3.8) is 0 Å². The number of benzene rings is 1. The fraction of sp³-hybridized carbons (Fsp3) is 0.545. The molecule has 0 radical (unpaired) electrons. The van der Waals surface area contributed by atoms with E-state index in [1.165, 1.54) is 12.1 Å². The lowest BCUT2D eigenvalue weighted by molar-refractivity contribution is -0.142. The molecular formula is C22H32N4O6. The summed E-state index contributed by atoms with van der Waals surface area (Å²) < 4.78 is 0. The molecule has 1 heterocycles. The maximum absolute atomic E-state index is 12.8. The molecule has 1 fully saturated rings. The van der Waals surface area contributed by atoms with Crippen LogP contribution in [0.3, 0.4) is 0 Å². The van der Waals surface area contributed by atoms with Gasteiger partial charge in [0.1, 0.15) is 17.8 Å². The van der Waals surface area contributed by atoms with E-state index in [1.54, 1.807) is 12.1 Å². The monoisotopic (exact) mass is 448 g/mol. The number of hydrogen-bond acceptors (Lipinski definition) is 6. The summed E-state index contributed by atoms with van der Waals surface area (Å²) in [5.74, 6) is -2.47. The highest BCUT2D eigenvalue weighted by molar-refractivity contribution is 5.92. The molecule has 0 bridgehead atoms. The van der Waals surface area contributed by atoms with Crippen molar-refractivity contribution in [2.24, 2.45) is 5.92 Å². The molecule has 1 aliphatic heterocycles. The molecule has 2 rings (SSSR count). The number of amides is 3. The first-order chi connectivity index (χ1) is 15.2. The topological polar surface area (TPSA) is 157 Å². The third-order valence-corrected chi connectivity index (χ3v) is 5.15. The van der Waals surface area contributed by atoms with Gasteiger partial charge in [0.2, 0.25) is 17.7 Å². The van der Waals surface area contributed by atoms with Gasteiger partial charge in [-0.25, -0.2) is 4.79 Å². The normalized spacial score (nSPS) is 17.4. The van der Waals surface area contributed by atoms with Crippen molar-refractivity contribution in [2.75, 3.05) is 13.1 Å². The van der Waals surface area contributed by atoms with Crippen LogP contribution in [0.4, 0.5) is 0 Å². The predicted octanol–water partition coefficient (Wildman–Crippen LogP) is -0.0968. The van der Waals surface area contributed by atoms with Crippen LogP contribution in [0.25, 0.3) is 0 Å². The van der Waals surface area contributed by atoms with Crippen molar-refractivity contribution < 1.29 is 29.4 Å². The zero-order valence-electron chi connectivity index (χ0n) is 18.4. The standard InChI is InChI=1S/C22H32N4O6/c1-13(2)10-18(22(31)32)25-19(28)12-24-20(29)17(11-14-5-7-15(27)8-6-14)26-21(30)16-4-3-9-23-16/h5-8,13,16-18,23,27H,3-4,9-12H2,1-2H3,(H,24,29)(H,25,28)(H,26,30)(H,31,32). The number of carboxylic acid groups (broad SMARTS) is 1. The Hall–Kier alpha value is -3.14. The molecule has 3 atom stereocenters. The Labute approximate surface area is 187 Å². The lowest BCUT2D eigenvalue weighted by Crippen LogP contribution is -2.54. The van der Waals surface area contributed by atoms with Gasteiger partial charge in [0.25, 0.3) is 0 Å². The van der Waals surface area contributed by atoms with Crippen molar-refractivity contribution in [3.8, 4) is 5.75 Å². The van der Waals surface area contributed by atoms with E-state index in [-0.39, 0.29) is 36.5 Å². The summed E-state index contributed by atoms with van der Waals surface area (Å²) in [7, 11) is 0. The van der Waals surface area contributed by atoms with E-state index in [1.807, 2.05) is 13.8 Å². The van der Waals surface area contributed by atoms with Crippen LogP contribution in [0.1, 0.15) is 38.7 Å². The summed E-state index contributed by atoms with van der Waals surface area (Å²) in [5.41, 5.74) is 0.718. The van der Waals surface area contributed by atoms with Crippen molar-refractivity contribution in [3.05, 3.63) is 29.8 Å². The highest BCUT2D eigenvalue weighted by Gasteiger charge is 2.28. The molecule has 176 valence electrons. The zero-order chi connectivity index (χ0) is 23.7. The Balaban J connectivity index is 1.99. The van der Waals surface area contributed by atoms with Gasteiger partial charge in [-0.15, -0.1) is 0 Å². The van der Waals surface area contributed by atoms with Crippen LogP contribution in [-0.2, 0) is 25.6 Å². The molecule has 1 aliphatic rings. The third-order valence-electron chi connectivity index (χ3n) is 5.15. The molecule has 1 aromatic rings. The molecule has 0 saturated carbocycles. The van der Waals surface area contributed by atoms with E-state index in [4.69, 9.17) is 0 Å². The van der Waals surface area contributed by atoms with Gasteiger partial charge < -0.3 is 31.5 Å². The third kappa shape index (κ3) is 8.18. The van der Waals surface area contributed by atoms with Gasteiger partial charge in [-0.3, -0.25) is 14.4 Å². The van der Waals surface area contributed by atoms with Gasteiger partial charge in [0, 0.05) is 6.42 Å². The lowest BCUT2D eigenvalue weighted by atomic mass is 10.0. The largest absolute Gasteiger partial charge is 0.508 e. The van der Waals surface area contributed by atoms with Crippen molar-refractivity contribution in [1.29, 1.82) is 0 Å². The van der Waals surface area contributed by atoms with Crippen LogP contribution in [0.2, 0.25) is 0 Å². The maximum atomic E-state index is 12.8. The molecule has 0 aliphatic carbocycles. The zero-order valence-corrected chi connectivity index (χ0v) is 18.4. The first kappa shape index (κ1) is 25.1. The van der Waals surface area contributed by atoms with Gasteiger partial charge >= 0.3 is 5.97 Å². The first-order valence-electron chi connectivity index (χ1n) is 10.8. The van der Waals surface area contributed by atoms with Gasteiger partial charge in [-0.1, -0.05) is 26.0 Å². The van der Waals surface area contributed by atoms with Crippen LogP contribution in [0.5, 0.6) is 5.75 Å². The highest BCUT2D eigenvalue weighted by Crippen LogP contribution is 2.12. The van der Waals surface area contributed by atoms with Crippen LogP contribution in [0.15, 0.2) is 24.3 Å². The Kier molecular flexibility index (Phi) is 9.45. The summed E-state index contributed by atoms with van der Waals surface area (Å²) in [5, 5.41) is 29.4. The average Bonchev–Trinajstić information content (AvgIpc) is 3.27. The Bertz CT molecular complexity index is 805. The predicted molar refractivity (Wildman–Crippen MR) is 117 cm³/mol. The number of carbonyl (C=O) groups excluding carboxylic acids is 3. The van der Waals surface area contributed by atoms with E-state index in [2.05, 4.69) is 21.3 Å². The second kappa shape index (κ2) is 12.0. The van der Waals surface area contributed by atoms with E-state index in [9.17, 15) is 29.4 Å². The van der Waals surface area contributed by atoms with E-state index in [0.29, 0.717) is 6.42 Å².